The van der Waals surface area contributed by atoms with Gasteiger partial charge in [0.2, 0.25) is 0 Å². The van der Waals surface area contributed by atoms with Crippen LogP contribution in [0.2, 0.25) is 0 Å². The molecule has 0 amide bonds. The van der Waals surface area contributed by atoms with Gasteiger partial charge in [-0.05, 0) is 30.7 Å². The van der Waals surface area contributed by atoms with Crippen LogP contribution < -0.4 is 5.32 Å². The molecule has 1 aliphatic heterocycles. The second kappa shape index (κ2) is 5.13. The molecule has 2 nitrogen and oxygen atoms in total. The molecule has 0 aliphatic carbocycles. The zero-order valence-electron chi connectivity index (χ0n) is 10.1. The second-order valence-electron chi connectivity index (χ2n) is 5.56. The van der Waals surface area contributed by atoms with Gasteiger partial charge in [0.25, 0.3) is 0 Å². The Kier molecular flexibility index (Phi) is 4.39. The summed E-state index contributed by atoms with van der Waals surface area (Å²) in [6.45, 7) is 12.3. The minimum absolute atomic E-state index is 0.406. The van der Waals surface area contributed by atoms with E-state index < -0.39 is 0 Å². The van der Waals surface area contributed by atoms with E-state index in [0.29, 0.717) is 17.4 Å². The van der Waals surface area contributed by atoms with Crippen molar-refractivity contribution < 1.29 is 4.74 Å². The summed E-state index contributed by atoms with van der Waals surface area (Å²) in [5.74, 6) is 0.712. The van der Waals surface area contributed by atoms with Crippen LogP contribution in [0.4, 0.5) is 0 Å². The van der Waals surface area contributed by atoms with Crippen molar-refractivity contribution in [2.75, 3.05) is 19.7 Å². The zero-order valence-corrected chi connectivity index (χ0v) is 10.1. The Morgan fingerprint density at radius 3 is 2.64 bits per heavy atom. The topological polar surface area (TPSA) is 21.3 Å². The molecule has 2 unspecified atom stereocenters. The van der Waals surface area contributed by atoms with E-state index in [2.05, 4.69) is 33.0 Å². The number of rotatable bonds is 4. The molecular formula is C12H25NO. The maximum Gasteiger partial charge on any atom is 0.0700 e. The highest BCUT2D eigenvalue weighted by Gasteiger charge is 2.20. The molecule has 0 aromatic heterocycles. The van der Waals surface area contributed by atoms with Crippen LogP contribution in [-0.2, 0) is 4.74 Å². The van der Waals surface area contributed by atoms with Gasteiger partial charge in [-0.3, -0.25) is 0 Å². The van der Waals surface area contributed by atoms with Gasteiger partial charge >= 0.3 is 0 Å². The van der Waals surface area contributed by atoms with Crippen molar-refractivity contribution in [2.24, 2.45) is 11.3 Å². The van der Waals surface area contributed by atoms with Gasteiger partial charge in [0.15, 0.2) is 0 Å². The van der Waals surface area contributed by atoms with Gasteiger partial charge in [-0.1, -0.05) is 27.7 Å². The molecule has 2 atom stereocenters. The average Bonchev–Trinajstić information content (AvgIpc) is 2.55. The number of nitrogens with one attached hydrogen (secondary N) is 1. The monoisotopic (exact) mass is 199 g/mol. The maximum atomic E-state index is 5.56. The lowest BCUT2D eigenvalue weighted by atomic mass is 9.82. The van der Waals surface area contributed by atoms with Crippen molar-refractivity contribution in [3.8, 4) is 0 Å². The van der Waals surface area contributed by atoms with Crippen LogP contribution in [0.15, 0.2) is 0 Å². The SMILES string of the molecule is CC(CNCC1CCCO1)C(C)(C)C. The Bertz CT molecular complexity index is 156. The van der Waals surface area contributed by atoms with E-state index >= 15 is 0 Å². The first-order chi connectivity index (χ1) is 6.50. The lowest BCUT2D eigenvalue weighted by Crippen LogP contribution is -2.34. The number of hydrogen-bond acceptors (Lipinski definition) is 2. The molecule has 14 heavy (non-hydrogen) atoms. The van der Waals surface area contributed by atoms with E-state index in [1.54, 1.807) is 0 Å². The van der Waals surface area contributed by atoms with Crippen molar-refractivity contribution in [1.29, 1.82) is 0 Å². The summed E-state index contributed by atoms with van der Waals surface area (Å²) in [4.78, 5) is 0. The molecule has 0 bridgehead atoms. The van der Waals surface area contributed by atoms with E-state index in [9.17, 15) is 0 Å². The second-order valence-corrected chi connectivity index (χ2v) is 5.56. The smallest absolute Gasteiger partial charge is 0.0700 e. The van der Waals surface area contributed by atoms with Crippen LogP contribution in [0.5, 0.6) is 0 Å². The fourth-order valence-electron chi connectivity index (χ4n) is 1.57. The first-order valence-corrected chi connectivity index (χ1v) is 5.82. The highest BCUT2D eigenvalue weighted by atomic mass is 16.5. The highest BCUT2D eigenvalue weighted by molar-refractivity contribution is 4.74. The van der Waals surface area contributed by atoms with Crippen LogP contribution in [0.1, 0.15) is 40.5 Å². The molecule has 0 aromatic rings. The summed E-state index contributed by atoms with van der Waals surface area (Å²) < 4.78 is 5.56. The first-order valence-electron chi connectivity index (χ1n) is 5.82. The van der Waals surface area contributed by atoms with E-state index in [0.717, 1.165) is 19.7 Å². The summed E-state index contributed by atoms with van der Waals surface area (Å²) in [5.41, 5.74) is 0.406. The van der Waals surface area contributed by atoms with Gasteiger partial charge in [0.1, 0.15) is 0 Å². The third-order valence-corrected chi connectivity index (χ3v) is 3.32. The Hall–Kier alpha value is -0.0800. The maximum absolute atomic E-state index is 5.56. The van der Waals surface area contributed by atoms with Crippen molar-refractivity contribution in [3.63, 3.8) is 0 Å². The summed E-state index contributed by atoms with van der Waals surface area (Å²) >= 11 is 0. The standard InChI is InChI=1S/C12H25NO/c1-10(12(2,3)4)8-13-9-11-6-5-7-14-11/h10-11,13H,5-9H2,1-4H3. The molecule has 0 radical (unpaired) electrons. The molecule has 2 heteroatoms. The van der Waals surface area contributed by atoms with Crippen molar-refractivity contribution >= 4 is 0 Å². The fraction of sp³-hybridized carbons (Fsp3) is 1.00. The molecule has 1 aliphatic rings. The van der Waals surface area contributed by atoms with Crippen LogP contribution in [0.3, 0.4) is 0 Å². The molecule has 1 rings (SSSR count). The molecule has 0 aromatic carbocycles. The van der Waals surface area contributed by atoms with Crippen LogP contribution in [0, 0.1) is 11.3 Å². The number of hydrogen-bond donors (Lipinski definition) is 1. The van der Waals surface area contributed by atoms with E-state index in [1.807, 2.05) is 0 Å². The Morgan fingerprint density at radius 1 is 1.43 bits per heavy atom. The molecule has 0 saturated carbocycles. The minimum Gasteiger partial charge on any atom is -0.377 e. The third kappa shape index (κ3) is 3.97. The summed E-state index contributed by atoms with van der Waals surface area (Å²) in [5, 5.41) is 3.51. The van der Waals surface area contributed by atoms with Crippen LogP contribution >= 0.6 is 0 Å². The summed E-state index contributed by atoms with van der Waals surface area (Å²) in [6, 6.07) is 0. The molecular weight excluding hydrogens is 174 g/mol. The van der Waals surface area contributed by atoms with Gasteiger partial charge in [-0.15, -0.1) is 0 Å². The first kappa shape index (κ1) is 12.0. The zero-order chi connectivity index (χ0) is 10.6. The lowest BCUT2D eigenvalue weighted by Gasteiger charge is -2.27. The summed E-state index contributed by atoms with van der Waals surface area (Å²) in [6.07, 6.45) is 2.94. The molecule has 1 saturated heterocycles. The molecule has 1 fully saturated rings. The van der Waals surface area contributed by atoms with Crippen molar-refractivity contribution in [2.45, 2.75) is 46.6 Å². The molecule has 84 valence electrons. The van der Waals surface area contributed by atoms with Gasteiger partial charge in [-0.2, -0.15) is 0 Å². The molecule has 1 heterocycles. The minimum atomic E-state index is 0.406. The molecule has 1 N–H and O–H groups in total. The largest absolute Gasteiger partial charge is 0.377 e. The van der Waals surface area contributed by atoms with Crippen LogP contribution in [0.25, 0.3) is 0 Å². The van der Waals surface area contributed by atoms with Gasteiger partial charge in [0.05, 0.1) is 6.10 Å². The van der Waals surface area contributed by atoms with E-state index in [1.165, 1.54) is 12.8 Å². The van der Waals surface area contributed by atoms with E-state index in [4.69, 9.17) is 4.74 Å². The quantitative estimate of drug-likeness (QED) is 0.751. The van der Waals surface area contributed by atoms with Crippen LogP contribution in [-0.4, -0.2) is 25.8 Å². The Morgan fingerprint density at radius 2 is 2.14 bits per heavy atom. The highest BCUT2D eigenvalue weighted by Crippen LogP contribution is 2.24. The van der Waals surface area contributed by atoms with E-state index in [-0.39, 0.29) is 0 Å². The average molecular weight is 199 g/mol. The predicted molar refractivity (Wildman–Crippen MR) is 60.5 cm³/mol. The van der Waals surface area contributed by atoms with Gasteiger partial charge < -0.3 is 10.1 Å². The predicted octanol–water partition coefficient (Wildman–Crippen LogP) is 2.44. The Balaban J connectivity index is 2.08. The molecule has 0 spiro atoms. The Labute approximate surface area is 88.4 Å². The lowest BCUT2D eigenvalue weighted by molar-refractivity contribution is 0.107. The van der Waals surface area contributed by atoms with Crippen molar-refractivity contribution in [1.82, 2.24) is 5.32 Å². The van der Waals surface area contributed by atoms with Crippen molar-refractivity contribution in [3.05, 3.63) is 0 Å². The third-order valence-electron chi connectivity index (χ3n) is 3.32. The number of ether oxygens (including phenoxy) is 1. The fourth-order valence-corrected chi connectivity index (χ4v) is 1.57. The van der Waals surface area contributed by atoms with Gasteiger partial charge in [0, 0.05) is 13.2 Å². The van der Waals surface area contributed by atoms with Gasteiger partial charge in [-0.25, -0.2) is 0 Å². The normalized spacial score (nSPS) is 25.3. The summed E-state index contributed by atoms with van der Waals surface area (Å²) in [7, 11) is 0.